The standard InChI is InChI=1S/C22H37F3N4O3/c1-21(2,3)14-29(20(30)31)10-9-28(4)12-18-11-26-27-19(18)17-7-5-16(6-8-17)13-32-15-22(23,24)25/h11,16-17H,5-10,12-15H2,1-4H3,(H,26,27)(H,30,31). The second-order valence-electron chi connectivity index (χ2n) is 10.1. The molecule has 1 aromatic heterocycles. The van der Waals surface area contributed by atoms with Gasteiger partial charge in [0, 0.05) is 50.5 Å². The van der Waals surface area contributed by atoms with Gasteiger partial charge in [0.15, 0.2) is 0 Å². The summed E-state index contributed by atoms with van der Waals surface area (Å²) in [6, 6.07) is 0. The quantitative estimate of drug-likeness (QED) is 0.526. The Bertz CT molecular complexity index is 710. The molecule has 10 heteroatoms. The summed E-state index contributed by atoms with van der Waals surface area (Å²) < 4.78 is 41.6. The van der Waals surface area contributed by atoms with Gasteiger partial charge in [-0.3, -0.25) is 5.10 Å². The number of nitrogens with zero attached hydrogens (tertiary/aromatic N) is 3. The van der Waals surface area contributed by atoms with Crippen molar-refractivity contribution in [3.8, 4) is 0 Å². The number of rotatable bonds is 10. The van der Waals surface area contributed by atoms with Crippen LogP contribution in [-0.4, -0.2) is 77.3 Å². The number of amides is 1. The van der Waals surface area contributed by atoms with Gasteiger partial charge in [0.05, 0.1) is 5.69 Å². The van der Waals surface area contributed by atoms with Crippen molar-refractivity contribution in [2.45, 2.75) is 65.1 Å². The molecule has 1 aliphatic carbocycles. The third-order valence-corrected chi connectivity index (χ3v) is 5.73. The lowest BCUT2D eigenvalue weighted by Crippen LogP contribution is -2.41. The summed E-state index contributed by atoms with van der Waals surface area (Å²) in [5.74, 6) is 0.434. The van der Waals surface area contributed by atoms with Crippen molar-refractivity contribution >= 4 is 6.09 Å². The molecule has 1 saturated carbocycles. The molecule has 0 atom stereocenters. The second kappa shape index (κ2) is 11.4. The van der Waals surface area contributed by atoms with E-state index in [1.165, 1.54) is 4.90 Å². The lowest BCUT2D eigenvalue weighted by Gasteiger charge is -2.30. The normalized spacial score (nSPS) is 20.0. The van der Waals surface area contributed by atoms with Gasteiger partial charge >= 0.3 is 12.3 Å². The number of hydrogen-bond acceptors (Lipinski definition) is 4. The van der Waals surface area contributed by atoms with E-state index in [9.17, 15) is 23.1 Å². The zero-order chi connectivity index (χ0) is 23.9. The molecule has 184 valence electrons. The van der Waals surface area contributed by atoms with Crippen LogP contribution in [0.15, 0.2) is 6.20 Å². The molecule has 2 rings (SSSR count). The van der Waals surface area contributed by atoms with Gasteiger partial charge in [0.25, 0.3) is 0 Å². The molecule has 1 aliphatic rings. The van der Waals surface area contributed by atoms with Crippen LogP contribution in [-0.2, 0) is 11.3 Å². The number of nitrogens with one attached hydrogen (secondary N) is 1. The highest BCUT2D eigenvalue weighted by atomic mass is 19.4. The smallest absolute Gasteiger partial charge is 0.411 e. The van der Waals surface area contributed by atoms with E-state index in [1.807, 2.05) is 34.0 Å². The molecule has 0 bridgehead atoms. The lowest BCUT2D eigenvalue weighted by atomic mass is 9.80. The minimum Gasteiger partial charge on any atom is -0.465 e. The number of likely N-dealkylation sites (N-methyl/N-ethyl adjacent to an activating group) is 1. The topological polar surface area (TPSA) is 81.7 Å². The fourth-order valence-electron chi connectivity index (χ4n) is 4.23. The van der Waals surface area contributed by atoms with Crippen molar-refractivity contribution in [3.63, 3.8) is 0 Å². The van der Waals surface area contributed by atoms with Crippen LogP contribution in [0, 0.1) is 11.3 Å². The Morgan fingerprint density at radius 3 is 2.44 bits per heavy atom. The summed E-state index contributed by atoms with van der Waals surface area (Å²) >= 11 is 0. The summed E-state index contributed by atoms with van der Waals surface area (Å²) in [6.07, 6.45) is 0.0969. The highest BCUT2D eigenvalue weighted by molar-refractivity contribution is 5.65. The number of alkyl halides is 3. The molecule has 2 N–H and O–H groups in total. The Balaban J connectivity index is 1.81. The monoisotopic (exact) mass is 462 g/mol. The van der Waals surface area contributed by atoms with Gasteiger partial charge in [-0.25, -0.2) is 4.79 Å². The Kier molecular flexibility index (Phi) is 9.39. The van der Waals surface area contributed by atoms with Crippen LogP contribution in [0.2, 0.25) is 0 Å². The van der Waals surface area contributed by atoms with E-state index in [-0.39, 0.29) is 23.9 Å². The third-order valence-electron chi connectivity index (χ3n) is 5.73. The van der Waals surface area contributed by atoms with E-state index in [1.54, 1.807) is 0 Å². The Hall–Kier alpha value is -1.81. The highest BCUT2D eigenvalue weighted by Crippen LogP contribution is 2.36. The Morgan fingerprint density at radius 1 is 1.22 bits per heavy atom. The van der Waals surface area contributed by atoms with Crippen LogP contribution in [0.4, 0.5) is 18.0 Å². The zero-order valence-electron chi connectivity index (χ0n) is 19.5. The van der Waals surface area contributed by atoms with E-state index in [4.69, 9.17) is 4.74 Å². The van der Waals surface area contributed by atoms with Crippen molar-refractivity contribution in [2.75, 3.05) is 39.9 Å². The molecular weight excluding hydrogens is 425 g/mol. The van der Waals surface area contributed by atoms with Crippen LogP contribution in [0.1, 0.15) is 63.6 Å². The van der Waals surface area contributed by atoms with Crippen LogP contribution >= 0.6 is 0 Å². The summed E-state index contributed by atoms with van der Waals surface area (Å²) in [6.45, 7) is 7.18. The van der Waals surface area contributed by atoms with Crippen molar-refractivity contribution in [3.05, 3.63) is 17.5 Å². The van der Waals surface area contributed by atoms with Gasteiger partial charge in [0.2, 0.25) is 0 Å². The minimum atomic E-state index is -4.28. The number of halogens is 3. The lowest BCUT2D eigenvalue weighted by molar-refractivity contribution is -0.177. The van der Waals surface area contributed by atoms with E-state index < -0.39 is 18.9 Å². The highest BCUT2D eigenvalue weighted by Gasteiger charge is 2.30. The molecule has 7 nitrogen and oxygen atoms in total. The number of ether oxygens (including phenoxy) is 1. The largest absolute Gasteiger partial charge is 0.465 e. The van der Waals surface area contributed by atoms with Gasteiger partial charge in [-0.1, -0.05) is 20.8 Å². The van der Waals surface area contributed by atoms with Crippen molar-refractivity contribution in [2.24, 2.45) is 11.3 Å². The molecule has 1 amide bonds. The van der Waals surface area contributed by atoms with E-state index in [2.05, 4.69) is 15.1 Å². The van der Waals surface area contributed by atoms with Crippen molar-refractivity contribution in [1.29, 1.82) is 0 Å². The van der Waals surface area contributed by atoms with Gasteiger partial charge in [-0.15, -0.1) is 0 Å². The van der Waals surface area contributed by atoms with Crippen LogP contribution < -0.4 is 0 Å². The van der Waals surface area contributed by atoms with E-state index in [0.717, 1.165) is 36.9 Å². The van der Waals surface area contributed by atoms with Crippen LogP contribution in [0.5, 0.6) is 0 Å². The van der Waals surface area contributed by atoms with E-state index in [0.29, 0.717) is 26.2 Å². The molecule has 1 aromatic rings. The first-order valence-corrected chi connectivity index (χ1v) is 11.2. The summed E-state index contributed by atoms with van der Waals surface area (Å²) in [5, 5.41) is 16.9. The molecular formula is C22H37F3N4O3. The van der Waals surface area contributed by atoms with E-state index >= 15 is 0 Å². The first kappa shape index (κ1) is 26.4. The van der Waals surface area contributed by atoms with Gasteiger partial charge < -0.3 is 19.6 Å². The number of carboxylic acid groups (broad SMARTS) is 1. The minimum absolute atomic E-state index is 0.106. The summed E-state index contributed by atoms with van der Waals surface area (Å²) in [5.41, 5.74) is 1.99. The fraction of sp³-hybridized carbons (Fsp3) is 0.818. The van der Waals surface area contributed by atoms with Gasteiger partial charge in [-0.2, -0.15) is 18.3 Å². The predicted octanol–water partition coefficient (Wildman–Crippen LogP) is 4.72. The van der Waals surface area contributed by atoms with Crippen LogP contribution in [0.25, 0.3) is 0 Å². The molecule has 1 fully saturated rings. The number of aromatic amines is 1. The maximum absolute atomic E-state index is 12.2. The van der Waals surface area contributed by atoms with Crippen LogP contribution in [0.3, 0.4) is 0 Å². The second-order valence-corrected chi connectivity index (χ2v) is 10.1. The average Bonchev–Trinajstić information content (AvgIpc) is 3.11. The molecule has 0 aromatic carbocycles. The number of H-pyrrole nitrogens is 1. The van der Waals surface area contributed by atoms with Gasteiger partial charge in [-0.05, 0) is 44.1 Å². The predicted molar refractivity (Wildman–Crippen MR) is 116 cm³/mol. The molecule has 0 radical (unpaired) electrons. The fourth-order valence-corrected chi connectivity index (χ4v) is 4.23. The zero-order valence-corrected chi connectivity index (χ0v) is 19.5. The molecule has 0 spiro atoms. The average molecular weight is 463 g/mol. The maximum Gasteiger partial charge on any atom is 0.411 e. The van der Waals surface area contributed by atoms with Gasteiger partial charge in [0.1, 0.15) is 6.61 Å². The Morgan fingerprint density at radius 2 is 1.88 bits per heavy atom. The summed E-state index contributed by atoms with van der Waals surface area (Å²) in [4.78, 5) is 15.1. The molecule has 1 heterocycles. The number of carbonyl (C=O) groups is 1. The number of aromatic nitrogens is 2. The van der Waals surface area contributed by atoms with Crippen molar-refractivity contribution < 1.29 is 27.8 Å². The SMILES string of the molecule is CN(CCN(CC(C)(C)C)C(=O)O)Cc1c[nH]nc1C1CCC(COCC(F)(F)F)CC1. The number of hydrogen-bond donors (Lipinski definition) is 2. The molecule has 32 heavy (non-hydrogen) atoms. The first-order valence-electron chi connectivity index (χ1n) is 11.2. The first-order chi connectivity index (χ1) is 14.8. The molecule has 0 unspecified atom stereocenters. The Labute approximate surface area is 188 Å². The third kappa shape index (κ3) is 9.36. The molecule has 0 aliphatic heterocycles. The summed E-state index contributed by atoms with van der Waals surface area (Å²) in [7, 11) is 1.96. The molecule has 0 saturated heterocycles. The maximum atomic E-state index is 12.2. The van der Waals surface area contributed by atoms with Crippen molar-refractivity contribution in [1.82, 2.24) is 20.0 Å².